The molecule has 3 N–H and O–H groups in total. The largest absolute Gasteiger partial charge is 0.398 e. The SMILES string of the molecule is Nc1cccc(C(=O)Nc2cccc3cccnc23)c1Br. The second-order valence-electron chi connectivity index (χ2n) is 4.54. The van der Waals surface area contributed by atoms with Crippen molar-refractivity contribution in [1.82, 2.24) is 4.98 Å². The minimum atomic E-state index is -0.229. The summed E-state index contributed by atoms with van der Waals surface area (Å²) in [5.74, 6) is -0.229. The highest BCUT2D eigenvalue weighted by molar-refractivity contribution is 9.10. The number of halogens is 1. The van der Waals surface area contributed by atoms with Crippen LogP contribution in [0, 0.1) is 0 Å². The Kier molecular flexibility index (Phi) is 3.58. The fourth-order valence-corrected chi connectivity index (χ4v) is 2.56. The van der Waals surface area contributed by atoms with Crippen LogP contribution in [0.25, 0.3) is 10.9 Å². The standard InChI is InChI=1S/C16H12BrN3O/c17-14-11(6-2-7-12(14)18)16(21)20-13-8-1-4-10-5-3-9-19-15(10)13/h1-9H,18H2,(H,20,21). The maximum atomic E-state index is 12.4. The lowest BCUT2D eigenvalue weighted by Crippen LogP contribution is -2.13. The van der Waals surface area contributed by atoms with E-state index in [-0.39, 0.29) is 5.91 Å². The maximum Gasteiger partial charge on any atom is 0.256 e. The van der Waals surface area contributed by atoms with E-state index in [4.69, 9.17) is 5.73 Å². The highest BCUT2D eigenvalue weighted by Crippen LogP contribution is 2.26. The zero-order valence-electron chi connectivity index (χ0n) is 11.0. The summed E-state index contributed by atoms with van der Waals surface area (Å²) in [5.41, 5.74) is 8.25. The monoisotopic (exact) mass is 341 g/mol. The molecule has 0 unspecified atom stereocenters. The molecule has 0 atom stereocenters. The Morgan fingerprint density at radius 1 is 1.10 bits per heavy atom. The summed E-state index contributed by atoms with van der Waals surface area (Å²) < 4.78 is 0.593. The molecule has 0 fully saturated rings. The highest BCUT2D eigenvalue weighted by Gasteiger charge is 2.13. The van der Waals surface area contributed by atoms with Crippen molar-refractivity contribution in [2.45, 2.75) is 0 Å². The third-order valence-corrected chi connectivity index (χ3v) is 4.04. The molecule has 2 aromatic carbocycles. The normalized spacial score (nSPS) is 10.5. The van der Waals surface area contributed by atoms with Crippen molar-refractivity contribution in [1.29, 1.82) is 0 Å². The number of nitrogens with zero attached hydrogens (tertiary/aromatic N) is 1. The van der Waals surface area contributed by atoms with Crippen molar-refractivity contribution in [3.63, 3.8) is 0 Å². The molecule has 1 aromatic heterocycles. The minimum absolute atomic E-state index is 0.229. The molecule has 0 bridgehead atoms. The first-order chi connectivity index (χ1) is 10.2. The summed E-state index contributed by atoms with van der Waals surface area (Å²) in [7, 11) is 0. The van der Waals surface area contributed by atoms with Gasteiger partial charge in [-0.1, -0.05) is 24.3 Å². The molecule has 0 radical (unpaired) electrons. The first kappa shape index (κ1) is 13.6. The Bertz CT molecular complexity index is 827. The van der Waals surface area contributed by atoms with Crippen LogP contribution in [-0.4, -0.2) is 10.9 Å². The van der Waals surface area contributed by atoms with Crippen molar-refractivity contribution in [2.24, 2.45) is 0 Å². The lowest BCUT2D eigenvalue weighted by Gasteiger charge is -2.10. The number of hydrogen-bond donors (Lipinski definition) is 2. The number of nitrogens with one attached hydrogen (secondary N) is 1. The molecule has 0 aliphatic carbocycles. The van der Waals surface area contributed by atoms with Gasteiger partial charge in [0.15, 0.2) is 0 Å². The topological polar surface area (TPSA) is 68.0 Å². The number of para-hydroxylation sites is 1. The Morgan fingerprint density at radius 3 is 2.71 bits per heavy atom. The summed E-state index contributed by atoms with van der Waals surface area (Å²) >= 11 is 3.34. The number of fused-ring (bicyclic) bond motifs is 1. The number of anilines is 2. The van der Waals surface area contributed by atoms with Crippen LogP contribution < -0.4 is 11.1 Å². The van der Waals surface area contributed by atoms with Crippen LogP contribution in [0.15, 0.2) is 59.2 Å². The molecule has 104 valence electrons. The summed E-state index contributed by atoms with van der Waals surface area (Å²) in [6.45, 7) is 0. The quantitative estimate of drug-likeness (QED) is 0.696. The van der Waals surface area contributed by atoms with Crippen LogP contribution in [-0.2, 0) is 0 Å². The average molecular weight is 342 g/mol. The number of carbonyl (C=O) groups is 1. The summed E-state index contributed by atoms with van der Waals surface area (Å²) in [6, 6.07) is 14.7. The van der Waals surface area contributed by atoms with Crippen molar-refractivity contribution in [2.75, 3.05) is 11.1 Å². The predicted octanol–water partition coefficient (Wildman–Crippen LogP) is 3.83. The Labute approximate surface area is 130 Å². The molecular formula is C16H12BrN3O. The van der Waals surface area contributed by atoms with Gasteiger partial charge in [-0.3, -0.25) is 9.78 Å². The van der Waals surface area contributed by atoms with Gasteiger partial charge in [0.2, 0.25) is 0 Å². The smallest absolute Gasteiger partial charge is 0.256 e. The molecule has 0 saturated carbocycles. The Balaban J connectivity index is 1.99. The lowest BCUT2D eigenvalue weighted by molar-refractivity contribution is 0.102. The third kappa shape index (κ3) is 2.60. The van der Waals surface area contributed by atoms with Gasteiger partial charge < -0.3 is 11.1 Å². The zero-order chi connectivity index (χ0) is 14.8. The van der Waals surface area contributed by atoms with Gasteiger partial charge in [0, 0.05) is 17.3 Å². The van der Waals surface area contributed by atoms with Crippen molar-refractivity contribution >= 4 is 44.1 Å². The molecule has 1 amide bonds. The molecule has 0 spiro atoms. The van der Waals surface area contributed by atoms with Gasteiger partial charge in [0.05, 0.1) is 21.2 Å². The molecule has 0 aliphatic heterocycles. The molecule has 3 rings (SSSR count). The van der Waals surface area contributed by atoms with Crippen molar-refractivity contribution in [3.8, 4) is 0 Å². The van der Waals surface area contributed by atoms with E-state index >= 15 is 0 Å². The second-order valence-corrected chi connectivity index (χ2v) is 5.34. The maximum absolute atomic E-state index is 12.4. The van der Waals surface area contributed by atoms with Gasteiger partial charge in [-0.25, -0.2) is 0 Å². The minimum Gasteiger partial charge on any atom is -0.398 e. The predicted molar refractivity (Wildman–Crippen MR) is 88.3 cm³/mol. The molecule has 1 heterocycles. The number of pyridine rings is 1. The third-order valence-electron chi connectivity index (χ3n) is 3.15. The second kappa shape index (κ2) is 5.54. The Hall–Kier alpha value is -2.40. The number of aromatic nitrogens is 1. The van der Waals surface area contributed by atoms with Crippen LogP contribution >= 0.6 is 15.9 Å². The van der Waals surface area contributed by atoms with E-state index in [0.717, 1.165) is 10.9 Å². The fourth-order valence-electron chi connectivity index (χ4n) is 2.12. The first-order valence-corrected chi connectivity index (χ1v) is 7.15. The van der Waals surface area contributed by atoms with E-state index in [2.05, 4.69) is 26.2 Å². The van der Waals surface area contributed by atoms with Crippen LogP contribution in [0.5, 0.6) is 0 Å². The van der Waals surface area contributed by atoms with E-state index in [0.29, 0.717) is 21.4 Å². The molecule has 3 aromatic rings. The van der Waals surface area contributed by atoms with E-state index in [1.807, 2.05) is 30.3 Å². The van der Waals surface area contributed by atoms with Crippen LogP contribution in [0.4, 0.5) is 11.4 Å². The summed E-state index contributed by atoms with van der Waals surface area (Å²) in [5, 5.41) is 3.86. The van der Waals surface area contributed by atoms with Crippen molar-refractivity contribution in [3.05, 3.63) is 64.8 Å². The molecule has 0 aliphatic rings. The average Bonchev–Trinajstić information content (AvgIpc) is 2.50. The number of benzene rings is 2. The van der Waals surface area contributed by atoms with Crippen LogP contribution in [0.2, 0.25) is 0 Å². The lowest BCUT2D eigenvalue weighted by atomic mass is 10.1. The molecule has 21 heavy (non-hydrogen) atoms. The van der Waals surface area contributed by atoms with E-state index in [1.54, 1.807) is 24.4 Å². The Morgan fingerprint density at radius 2 is 1.86 bits per heavy atom. The van der Waals surface area contributed by atoms with E-state index < -0.39 is 0 Å². The van der Waals surface area contributed by atoms with Crippen molar-refractivity contribution < 1.29 is 4.79 Å². The number of carbonyl (C=O) groups excluding carboxylic acids is 1. The molecule has 5 heteroatoms. The van der Waals surface area contributed by atoms with Gasteiger partial charge in [0.25, 0.3) is 5.91 Å². The summed E-state index contributed by atoms with van der Waals surface area (Å²) in [6.07, 6.45) is 1.70. The van der Waals surface area contributed by atoms with Crippen LogP contribution in [0.3, 0.4) is 0 Å². The zero-order valence-corrected chi connectivity index (χ0v) is 12.6. The van der Waals surface area contributed by atoms with Gasteiger partial charge in [-0.2, -0.15) is 0 Å². The number of amides is 1. The number of rotatable bonds is 2. The first-order valence-electron chi connectivity index (χ1n) is 6.36. The number of nitrogen functional groups attached to an aromatic ring is 1. The van der Waals surface area contributed by atoms with Gasteiger partial charge >= 0.3 is 0 Å². The van der Waals surface area contributed by atoms with Gasteiger partial charge in [0.1, 0.15) is 0 Å². The molecular weight excluding hydrogens is 330 g/mol. The van der Waals surface area contributed by atoms with E-state index in [1.165, 1.54) is 0 Å². The molecule has 0 saturated heterocycles. The summed E-state index contributed by atoms with van der Waals surface area (Å²) in [4.78, 5) is 16.7. The molecule has 4 nitrogen and oxygen atoms in total. The number of nitrogens with two attached hydrogens (primary N) is 1. The fraction of sp³-hybridized carbons (Fsp3) is 0. The van der Waals surface area contributed by atoms with Gasteiger partial charge in [-0.15, -0.1) is 0 Å². The van der Waals surface area contributed by atoms with E-state index in [9.17, 15) is 4.79 Å². The highest BCUT2D eigenvalue weighted by atomic mass is 79.9. The van der Waals surface area contributed by atoms with Gasteiger partial charge in [-0.05, 0) is 40.2 Å². The van der Waals surface area contributed by atoms with Crippen LogP contribution in [0.1, 0.15) is 10.4 Å². The number of hydrogen-bond acceptors (Lipinski definition) is 3.